The number of rotatable bonds is 11. The van der Waals surface area contributed by atoms with Crippen LogP contribution in [0.15, 0.2) is 42.7 Å². The Morgan fingerprint density at radius 2 is 2.11 bits per heavy atom. The number of carbonyl (C=O) groups excluding carboxylic acids is 1. The fraction of sp³-hybridized carbons (Fsp3) is 0.483. The molecule has 0 unspecified atom stereocenters. The van der Waals surface area contributed by atoms with Gasteiger partial charge in [-0.3, -0.25) is 19.4 Å². The molecule has 0 amide bonds. The van der Waals surface area contributed by atoms with Crippen LogP contribution < -0.4 is 10.1 Å². The van der Waals surface area contributed by atoms with Gasteiger partial charge in [-0.25, -0.2) is 0 Å². The van der Waals surface area contributed by atoms with Gasteiger partial charge >= 0.3 is 0 Å². The Morgan fingerprint density at radius 1 is 1.24 bits per heavy atom. The summed E-state index contributed by atoms with van der Waals surface area (Å²) in [5, 5.41) is 18.3. The van der Waals surface area contributed by atoms with Crippen molar-refractivity contribution in [1.29, 1.82) is 0 Å². The minimum Gasteiger partial charge on any atom is -0.487 e. The molecule has 0 spiro atoms. The van der Waals surface area contributed by atoms with Gasteiger partial charge in [-0.1, -0.05) is 6.07 Å². The van der Waals surface area contributed by atoms with E-state index in [9.17, 15) is 9.90 Å². The van der Waals surface area contributed by atoms with Gasteiger partial charge in [-0.05, 0) is 80.0 Å². The number of fused-ring (bicyclic) bond motifs is 1. The van der Waals surface area contributed by atoms with Gasteiger partial charge in [0.1, 0.15) is 18.1 Å². The maximum Gasteiger partial charge on any atom is 0.181 e. The van der Waals surface area contributed by atoms with E-state index in [1.807, 2.05) is 36.0 Å². The highest BCUT2D eigenvalue weighted by atomic mass is 16.5. The number of pyridine rings is 1. The van der Waals surface area contributed by atoms with Crippen molar-refractivity contribution in [1.82, 2.24) is 19.7 Å². The van der Waals surface area contributed by atoms with Gasteiger partial charge in [-0.2, -0.15) is 5.10 Å². The van der Waals surface area contributed by atoms with Gasteiger partial charge in [0.15, 0.2) is 5.78 Å². The second kappa shape index (κ2) is 11.4. The molecule has 8 nitrogen and oxygen atoms in total. The number of Topliss-reactive ketones (excluding diaryl/α,β-unsaturated/α-hetero) is 1. The molecule has 1 saturated carbocycles. The normalized spacial score (nSPS) is 16.6. The summed E-state index contributed by atoms with van der Waals surface area (Å²) < 4.78 is 7.91. The summed E-state index contributed by atoms with van der Waals surface area (Å²) in [6.07, 6.45) is 8.18. The number of ether oxygens (including phenoxy) is 1. The van der Waals surface area contributed by atoms with Crippen molar-refractivity contribution >= 4 is 11.5 Å². The molecule has 3 aromatic rings. The van der Waals surface area contributed by atoms with Crippen LogP contribution in [0.3, 0.4) is 0 Å². The second-order valence-corrected chi connectivity index (χ2v) is 10.4. The number of benzene rings is 1. The molecule has 5 rings (SSSR count). The van der Waals surface area contributed by atoms with Gasteiger partial charge in [0.05, 0.1) is 11.8 Å². The van der Waals surface area contributed by atoms with Crippen molar-refractivity contribution in [2.24, 2.45) is 7.05 Å². The van der Waals surface area contributed by atoms with Gasteiger partial charge in [0.2, 0.25) is 0 Å². The Balaban J connectivity index is 1.10. The Kier molecular flexibility index (Phi) is 7.86. The summed E-state index contributed by atoms with van der Waals surface area (Å²) in [4.78, 5) is 19.2. The van der Waals surface area contributed by atoms with Crippen molar-refractivity contribution in [3.8, 4) is 5.75 Å². The molecular weight excluding hydrogens is 466 g/mol. The number of aryl methyl sites for hydroxylation is 1. The molecule has 1 atom stereocenters. The van der Waals surface area contributed by atoms with Crippen LogP contribution in [-0.2, 0) is 26.6 Å². The van der Waals surface area contributed by atoms with Crippen molar-refractivity contribution in [3.05, 3.63) is 70.8 Å². The lowest BCUT2D eigenvalue weighted by atomic mass is 9.93. The van der Waals surface area contributed by atoms with E-state index < -0.39 is 6.10 Å². The molecule has 0 radical (unpaired) electrons. The number of carbonyl (C=O) groups is 1. The van der Waals surface area contributed by atoms with E-state index in [0.29, 0.717) is 37.7 Å². The molecular formula is C29H37N5O3. The number of ketones is 1. The van der Waals surface area contributed by atoms with E-state index in [0.717, 1.165) is 36.6 Å². The summed E-state index contributed by atoms with van der Waals surface area (Å²) in [6.45, 7) is 4.84. The molecule has 3 heterocycles. The molecule has 2 N–H and O–H groups in total. The highest BCUT2D eigenvalue weighted by molar-refractivity contribution is 5.95. The summed E-state index contributed by atoms with van der Waals surface area (Å²) in [5.74, 6) is 0.891. The first kappa shape index (κ1) is 25.4. The molecule has 8 heteroatoms. The number of hydrogen-bond donors (Lipinski definition) is 2. The van der Waals surface area contributed by atoms with E-state index in [2.05, 4.69) is 33.3 Å². The zero-order chi connectivity index (χ0) is 25.8. The standard InChI is InChI=1S/C29H37N5O3/c1-20-26-12-15-34(17-21(26)6-9-29(20)37-19-24-11-14-31-33(24)2)18-25(35)7-8-28(36)27-16-23(10-13-30-27)32-22-4-3-5-22/h6,9-11,13-14,16,22,25,35H,3-5,7-8,12,15,17-19H2,1-2H3,(H,30,32)/t25-/m0/s1. The maximum absolute atomic E-state index is 12.7. The molecule has 0 saturated heterocycles. The number of aliphatic hydroxyl groups is 1. The van der Waals surface area contributed by atoms with Crippen LogP contribution in [0, 0.1) is 6.92 Å². The lowest BCUT2D eigenvalue weighted by Crippen LogP contribution is -2.37. The number of nitrogens with one attached hydrogen (secondary N) is 1. The first-order valence-electron chi connectivity index (χ1n) is 13.3. The van der Waals surface area contributed by atoms with E-state index in [1.165, 1.54) is 36.0 Å². The lowest BCUT2D eigenvalue weighted by molar-refractivity contribution is 0.0833. The fourth-order valence-electron chi connectivity index (χ4n) is 5.16. The van der Waals surface area contributed by atoms with Crippen LogP contribution in [0.5, 0.6) is 5.75 Å². The van der Waals surface area contributed by atoms with Gasteiger partial charge in [0, 0.05) is 57.2 Å². The summed E-state index contributed by atoms with van der Waals surface area (Å²) in [6, 6.07) is 10.4. The molecule has 1 aliphatic heterocycles. The van der Waals surface area contributed by atoms with E-state index in [1.54, 1.807) is 12.4 Å². The third-order valence-electron chi connectivity index (χ3n) is 7.71. The maximum atomic E-state index is 12.7. The van der Waals surface area contributed by atoms with Gasteiger partial charge in [-0.15, -0.1) is 0 Å². The smallest absolute Gasteiger partial charge is 0.181 e. The topological polar surface area (TPSA) is 92.5 Å². The van der Waals surface area contributed by atoms with E-state index in [4.69, 9.17) is 4.74 Å². The average Bonchev–Trinajstić information content (AvgIpc) is 3.29. The number of β-amino-alcohol motifs (C(OH)–C–C–N with tert-alkyl or cyclic N) is 1. The van der Waals surface area contributed by atoms with E-state index in [-0.39, 0.29) is 5.78 Å². The SMILES string of the molecule is Cc1c(OCc2ccnn2C)ccc2c1CCN(C[C@@H](O)CCC(=O)c1cc(NC3CCC3)ccn1)C2. The zero-order valence-electron chi connectivity index (χ0n) is 21.8. The third-order valence-corrected chi connectivity index (χ3v) is 7.71. The van der Waals surface area contributed by atoms with Crippen LogP contribution in [0.25, 0.3) is 0 Å². The summed E-state index contributed by atoms with van der Waals surface area (Å²) in [7, 11) is 1.92. The van der Waals surface area contributed by atoms with Crippen molar-refractivity contribution in [2.75, 3.05) is 18.4 Å². The monoisotopic (exact) mass is 503 g/mol. The van der Waals surface area contributed by atoms with Crippen LogP contribution in [-0.4, -0.2) is 55.8 Å². The third kappa shape index (κ3) is 6.19. The Bertz CT molecular complexity index is 1240. The molecule has 1 aliphatic carbocycles. The Hall–Kier alpha value is -3.23. The molecule has 37 heavy (non-hydrogen) atoms. The lowest BCUT2D eigenvalue weighted by Gasteiger charge is -2.31. The van der Waals surface area contributed by atoms with Gasteiger partial charge < -0.3 is 15.2 Å². The van der Waals surface area contributed by atoms with Crippen LogP contribution >= 0.6 is 0 Å². The van der Waals surface area contributed by atoms with Crippen molar-refractivity contribution < 1.29 is 14.6 Å². The van der Waals surface area contributed by atoms with Crippen molar-refractivity contribution in [3.63, 3.8) is 0 Å². The second-order valence-electron chi connectivity index (χ2n) is 10.4. The zero-order valence-corrected chi connectivity index (χ0v) is 21.8. The highest BCUT2D eigenvalue weighted by Gasteiger charge is 2.23. The van der Waals surface area contributed by atoms with Crippen molar-refractivity contribution in [2.45, 2.75) is 70.7 Å². The number of aliphatic hydroxyl groups excluding tert-OH is 1. The minimum atomic E-state index is -0.551. The minimum absolute atomic E-state index is 0.0189. The fourth-order valence-corrected chi connectivity index (χ4v) is 5.16. The van der Waals surface area contributed by atoms with E-state index >= 15 is 0 Å². The summed E-state index contributed by atoms with van der Waals surface area (Å²) in [5.41, 5.74) is 6.26. The molecule has 2 aromatic heterocycles. The van der Waals surface area contributed by atoms with Crippen LogP contribution in [0.1, 0.15) is 65.0 Å². The van der Waals surface area contributed by atoms with Crippen LogP contribution in [0.4, 0.5) is 5.69 Å². The number of hydrogen-bond acceptors (Lipinski definition) is 7. The Morgan fingerprint density at radius 3 is 2.86 bits per heavy atom. The molecule has 0 bridgehead atoms. The molecule has 1 aromatic carbocycles. The highest BCUT2D eigenvalue weighted by Crippen LogP contribution is 2.30. The predicted octanol–water partition coefficient (Wildman–Crippen LogP) is 4.05. The first-order valence-corrected chi connectivity index (χ1v) is 13.3. The number of anilines is 1. The average molecular weight is 504 g/mol. The quantitative estimate of drug-likeness (QED) is 0.382. The Labute approximate surface area is 218 Å². The number of aromatic nitrogens is 3. The number of nitrogens with zero attached hydrogens (tertiary/aromatic N) is 4. The molecule has 2 aliphatic rings. The molecule has 1 fully saturated rings. The first-order chi connectivity index (χ1) is 18.0. The largest absolute Gasteiger partial charge is 0.487 e. The summed E-state index contributed by atoms with van der Waals surface area (Å²) >= 11 is 0. The molecule has 196 valence electrons. The van der Waals surface area contributed by atoms with Crippen LogP contribution in [0.2, 0.25) is 0 Å². The van der Waals surface area contributed by atoms with Gasteiger partial charge in [0.25, 0.3) is 0 Å². The predicted molar refractivity (Wildman–Crippen MR) is 143 cm³/mol.